The van der Waals surface area contributed by atoms with Crippen molar-refractivity contribution in [3.63, 3.8) is 0 Å². The molecule has 0 saturated heterocycles. The molecule has 0 atom stereocenters. The van der Waals surface area contributed by atoms with E-state index < -0.39 is 0 Å². The Balaban J connectivity index is 2.07. The van der Waals surface area contributed by atoms with E-state index in [1.807, 2.05) is 0 Å². The molecule has 0 aliphatic heterocycles. The first-order valence-electron chi connectivity index (χ1n) is 6.09. The highest BCUT2D eigenvalue weighted by Crippen LogP contribution is 2.29. The Bertz CT molecular complexity index is 400. The Morgan fingerprint density at radius 2 is 2.35 bits per heavy atom. The number of rotatable bonds is 4. The van der Waals surface area contributed by atoms with Gasteiger partial charge >= 0.3 is 5.97 Å². The van der Waals surface area contributed by atoms with Gasteiger partial charge in [-0.2, -0.15) is 0 Å². The zero-order valence-corrected chi connectivity index (χ0v) is 10.3. The first-order chi connectivity index (χ1) is 8.20. The first kappa shape index (κ1) is 11.9. The smallest absolute Gasteiger partial charge is 0.341 e. The molecule has 1 N–H and O–H groups in total. The van der Waals surface area contributed by atoms with Crippen LogP contribution < -0.4 is 5.32 Å². The average molecular weight is 234 g/mol. The van der Waals surface area contributed by atoms with Crippen molar-refractivity contribution in [2.75, 3.05) is 11.9 Å². The Kier molecular flexibility index (Phi) is 3.61. The molecule has 0 unspecified atom stereocenters. The Hall–Kier alpha value is -1.58. The van der Waals surface area contributed by atoms with Gasteiger partial charge in [0.25, 0.3) is 0 Å². The second-order valence-corrected chi connectivity index (χ2v) is 4.54. The van der Waals surface area contributed by atoms with Gasteiger partial charge in [-0.1, -0.05) is 6.92 Å². The number of carbonyl (C=O) groups excluding carboxylic acids is 1. The molecule has 4 nitrogen and oxygen atoms in total. The average Bonchev–Trinajstić information content (AvgIpc) is 2.28. The van der Waals surface area contributed by atoms with E-state index in [-0.39, 0.29) is 5.97 Å². The lowest BCUT2D eigenvalue weighted by Gasteiger charge is -2.33. The van der Waals surface area contributed by atoms with Crippen LogP contribution >= 0.6 is 0 Å². The van der Waals surface area contributed by atoms with Gasteiger partial charge in [0.2, 0.25) is 0 Å². The third-order valence-electron chi connectivity index (χ3n) is 3.02. The molecule has 0 spiro atoms. The summed E-state index contributed by atoms with van der Waals surface area (Å²) >= 11 is 0. The van der Waals surface area contributed by atoms with E-state index >= 15 is 0 Å². The molecule has 0 bridgehead atoms. The Labute approximate surface area is 101 Å². The molecule has 92 valence electrons. The summed E-state index contributed by atoms with van der Waals surface area (Å²) in [6.07, 6.45) is 3.96. The number of esters is 1. The summed E-state index contributed by atoms with van der Waals surface area (Å²) in [5.74, 6) is 1.10. The number of nitrogens with one attached hydrogen (secondary N) is 1. The third kappa shape index (κ3) is 2.75. The maximum absolute atomic E-state index is 11.7. The zero-order chi connectivity index (χ0) is 12.3. The van der Waals surface area contributed by atoms with Gasteiger partial charge in [0.1, 0.15) is 11.4 Å². The van der Waals surface area contributed by atoms with Crippen LogP contribution in [0.2, 0.25) is 0 Å². The van der Waals surface area contributed by atoms with Crippen LogP contribution in [0.25, 0.3) is 0 Å². The van der Waals surface area contributed by atoms with Crippen LogP contribution in [0.4, 0.5) is 5.82 Å². The molecule has 0 radical (unpaired) electrons. The minimum absolute atomic E-state index is 0.310. The first-order valence-corrected chi connectivity index (χ1v) is 6.09. The van der Waals surface area contributed by atoms with E-state index in [4.69, 9.17) is 4.74 Å². The van der Waals surface area contributed by atoms with Gasteiger partial charge in [-0.05, 0) is 37.8 Å². The summed E-state index contributed by atoms with van der Waals surface area (Å²) in [5, 5.41) is 3.30. The van der Waals surface area contributed by atoms with Gasteiger partial charge in [0.05, 0.1) is 6.61 Å². The molecule has 1 aliphatic carbocycles. The van der Waals surface area contributed by atoms with Crippen LogP contribution in [-0.4, -0.2) is 23.6 Å². The van der Waals surface area contributed by atoms with Crippen LogP contribution in [0, 0.1) is 5.92 Å². The van der Waals surface area contributed by atoms with Crippen molar-refractivity contribution in [3.05, 3.63) is 23.9 Å². The molecule has 1 aliphatic rings. The highest BCUT2D eigenvalue weighted by atomic mass is 16.5. The lowest BCUT2D eigenvalue weighted by atomic mass is 9.82. The second-order valence-electron chi connectivity index (χ2n) is 4.54. The molecule has 1 aromatic heterocycles. The van der Waals surface area contributed by atoms with E-state index in [1.54, 1.807) is 25.3 Å². The van der Waals surface area contributed by atoms with Crippen LogP contribution in [0.3, 0.4) is 0 Å². The summed E-state index contributed by atoms with van der Waals surface area (Å²) in [6.45, 7) is 4.41. The van der Waals surface area contributed by atoms with Crippen molar-refractivity contribution in [2.45, 2.75) is 32.7 Å². The highest BCUT2D eigenvalue weighted by molar-refractivity contribution is 5.94. The van der Waals surface area contributed by atoms with Crippen molar-refractivity contribution in [3.8, 4) is 0 Å². The zero-order valence-electron chi connectivity index (χ0n) is 10.3. The molecule has 0 amide bonds. The molecular formula is C13H18N2O2. The molecule has 1 aromatic rings. The van der Waals surface area contributed by atoms with E-state index in [0.717, 1.165) is 18.8 Å². The number of pyridine rings is 1. The van der Waals surface area contributed by atoms with Crippen LogP contribution in [0.5, 0.6) is 0 Å². The monoisotopic (exact) mass is 234 g/mol. The number of ether oxygens (including phenoxy) is 1. The molecule has 0 aromatic carbocycles. The van der Waals surface area contributed by atoms with Crippen LogP contribution in [0.1, 0.15) is 37.0 Å². The predicted molar refractivity (Wildman–Crippen MR) is 66.0 cm³/mol. The lowest BCUT2D eigenvalue weighted by molar-refractivity contribution is 0.0527. The molecule has 1 saturated carbocycles. The third-order valence-corrected chi connectivity index (χ3v) is 3.02. The number of carbonyl (C=O) groups is 1. The summed E-state index contributed by atoms with van der Waals surface area (Å²) in [6, 6.07) is 3.93. The molecule has 17 heavy (non-hydrogen) atoms. The van der Waals surface area contributed by atoms with Gasteiger partial charge in [0.15, 0.2) is 0 Å². The molecule has 1 heterocycles. The van der Waals surface area contributed by atoms with Crippen molar-refractivity contribution in [1.29, 1.82) is 0 Å². The quantitative estimate of drug-likeness (QED) is 0.813. The number of hydrogen-bond donors (Lipinski definition) is 1. The van der Waals surface area contributed by atoms with Gasteiger partial charge < -0.3 is 10.1 Å². The van der Waals surface area contributed by atoms with E-state index in [9.17, 15) is 4.79 Å². The molecule has 2 rings (SSSR count). The van der Waals surface area contributed by atoms with Crippen LogP contribution in [-0.2, 0) is 4.74 Å². The maximum atomic E-state index is 11.7. The van der Waals surface area contributed by atoms with Gasteiger partial charge in [-0.25, -0.2) is 9.78 Å². The second kappa shape index (κ2) is 5.17. The topological polar surface area (TPSA) is 51.2 Å². The standard InChI is InChI=1S/C13H18N2O2/c1-3-17-13(16)11-5-4-6-14-12(11)15-10-7-9(2)8-10/h4-6,9-10H,3,7-8H2,1-2H3,(H,14,15). The Morgan fingerprint density at radius 1 is 1.59 bits per heavy atom. The fourth-order valence-corrected chi connectivity index (χ4v) is 2.11. The minimum Gasteiger partial charge on any atom is -0.462 e. The number of nitrogens with zero attached hydrogens (tertiary/aromatic N) is 1. The fourth-order valence-electron chi connectivity index (χ4n) is 2.11. The van der Waals surface area contributed by atoms with E-state index in [2.05, 4.69) is 17.2 Å². The number of hydrogen-bond acceptors (Lipinski definition) is 4. The maximum Gasteiger partial charge on any atom is 0.341 e. The lowest BCUT2D eigenvalue weighted by Crippen LogP contribution is -2.34. The fraction of sp³-hybridized carbons (Fsp3) is 0.538. The number of anilines is 1. The minimum atomic E-state index is -0.310. The van der Waals surface area contributed by atoms with Crippen molar-refractivity contribution < 1.29 is 9.53 Å². The summed E-state index contributed by atoms with van der Waals surface area (Å²) < 4.78 is 5.00. The largest absolute Gasteiger partial charge is 0.462 e. The summed E-state index contributed by atoms with van der Waals surface area (Å²) in [7, 11) is 0. The summed E-state index contributed by atoms with van der Waals surface area (Å²) in [4.78, 5) is 15.9. The van der Waals surface area contributed by atoms with Crippen molar-refractivity contribution in [2.24, 2.45) is 5.92 Å². The predicted octanol–water partition coefficient (Wildman–Crippen LogP) is 2.47. The highest BCUT2D eigenvalue weighted by Gasteiger charge is 2.26. The van der Waals surface area contributed by atoms with Gasteiger partial charge in [-0.15, -0.1) is 0 Å². The molecular weight excluding hydrogens is 216 g/mol. The molecule has 1 fully saturated rings. The summed E-state index contributed by atoms with van der Waals surface area (Å²) in [5.41, 5.74) is 0.522. The SMILES string of the molecule is CCOC(=O)c1cccnc1NC1CC(C)C1. The van der Waals surface area contributed by atoms with E-state index in [1.165, 1.54) is 0 Å². The van der Waals surface area contributed by atoms with Gasteiger partial charge in [0, 0.05) is 12.2 Å². The normalized spacial score (nSPS) is 22.7. The molecule has 4 heteroatoms. The van der Waals surface area contributed by atoms with Crippen LogP contribution in [0.15, 0.2) is 18.3 Å². The van der Waals surface area contributed by atoms with Crippen molar-refractivity contribution in [1.82, 2.24) is 4.98 Å². The Morgan fingerprint density at radius 3 is 3.00 bits per heavy atom. The van der Waals surface area contributed by atoms with Crippen molar-refractivity contribution >= 4 is 11.8 Å². The number of aromatic nitrogens is 1. The van der Waals surface area contributed by atoms with E-state index in [0.29, 0.717) is 24.0 Å². The van der Waals surface area contributed by atoms with Gasteiger partial charge in [-0.3, -0.25) is 0 Å².